The lowest BCUT2D eigenvalue weighted by Crippen LogP contribution is -2.02. The maximum atomic E-state index is 14.0. The Morgan fingerprint density at radius 3 is 2.43 bits per heavy atom. The largest absolute Gasteiger partial charge is 0.390 e. The summed E-state index contributed by atoms with van der Waals surface area (Å²) in [6.45, 7) is -0.322. The van der Waals surface area contributed by atoms with E-state index in [2.05, 4.69) is 10.3 Å². The number of aliphatic hydroxyl groups excluding tert-OH is 1. The van der Waals surface area contributed by atoms with Crippen LogP contribution in [0, 0.1) is 11.6 Å². The number of nitrogens with zero attached hydrogens (tertiary/aromatic N) is 3. The molecule has 0 spiro atoms. The molecule has 0 saturated carbocycles. The van der Waals surface area contributed by atoms with Crippen molar-refractivity contribution in [2.24, 2.45) is 0 Å². The van der Waals surface area contributed by atoms with Gasteiger partial charge in [-0.1, -0.05) is 35.6 Å². The van der Waals surface area contributed by atoms with Crippen LogP contribution in [0.25, 0.3) is 17.8 Å². The summed E-state index contributed by atoms with van der Waals surface area (Å²) >= 11 is 0. The average molecular weight is 313 g/mol. The molecule has 0 amide bonds. The lowest BCUT2D eigenvalue weighted by atomic mass is 10.2. The summed E-state index contributed by atoms with van der Waals surface area (Å²) in [5, 5.41) is 17.2. The molecule has 0 radical (unpaired) electrons. The van der Waals surface area contributed by atoms with Gasteiger partial charge in [0.25, 0.3) is 0 Å². The number of aliphatic hydroxyl groups is 1. The number of aromatic nitrogens is 3. The van der Waals surface area contributed by atoms with E-state index in [-0.39, 0.29) is 18.1 Å². The minimum Gasteiger partial charge on any atom is -0.390 e. The maximum Gasteiger partial charge on any atom is 0.148 e. The summed E-state index contributed by atoms with van der Waals surface area (Å²) in [4.78, 5) is 0. The topological polar surface area (TPSA) is 50.9 Å². The van der Waals surface area contributed by atoms with Crippen LogP contribution >= 0.6 is 0 Å². The van der Waals surface area contributed by atoms with Gasteiger partial charge in [0.2, 0.25) is 0 Å². The Kier molecular flexibility index (Phi) is 4.25. The van der Waals surface area contributed by atoms with Gasteiger partial charge in [-0.05, 0) is 35.9 Å². The first-order valence-corrected chi connectivity index (χ1v) is 6.93. The third kappa shape index (κ3) is 3.17. The van der Waals surface area contributed by atoms with Crippen molar-refractivity contribution in [1.29, 1.82) is 0 Å². The highest BCUT2D eigenvalue weighted by Gasteiger charge is 2.13. The van der Waals surface area contributed by atoms with Crippen LogP contribution in [0.2, 0.25) is 0 Å². The minimum absolute atomic E-state index is 0.235. The minimum atomic E-state index is -0.446. The van der Waals surface area contributed by atoms with Gasteiger partial charge in [0, 0.05) is 0 Å². The molecule has 0 aliphatic carbocycles. The van der Waals surface area contributed by atoms with Gasteiger partial charge in [0.1, 0.15) is 23.0 Å². The summed E-state index contributed by atoms with van der Waals surface area (Å²) in [6.07, 6.45) is 3.37. The van der Waals surface area contributed by atoms with Crippen LogP contribution in [0.3, 0.4) is 0 Å². The molecule has 6 heteroatoms. The van der Waals surface area contributed by atoms with E-state index < -0.39 is 5.82 Å². The fraction of sp³-hybridized carbons (Fsp3) is 0.0588. The van der Waals surface area contributed by atoms with Gasteiger partial charge in [-0.2, -0.15) is 0 Å². The first-order valence-electron chi connectivity index (χ1n) is 6.93. The molecule has 1 aromatic heterocycles. The van der Waals surface area contributed by atoms with E-state index in [9.17, 15) is 13.9 Å². The van der Waals surface area contributed by atoms with Crippen LogP contribution in [0.15, 0.2) is 48.5 Å². The van der Waals surface area contributed by atoms with Gasteiger partial charge in [-0.25, -0.2) is 13.5 Å². The molecule has 0 aliphatic heterocycles. The second-order valence-electron chi connectivity index (χ2n) is 4.83. The van der Waals surface area contributed by atoms with Crippen LogP contribution < -0.4 is 0 Å². The molecule has 1 N–H and O–H groups in total. The van der Waals surface area contributed by atoms with E-state index in [1.54, 1.807) is 42.5 Å². The average Bonchev–Trinajstić information content (AvgIpc) is 2.97. The van der Waals surface area contributed by atoms with Crippen molar-refractivity contribution >= 4 is 12.2 Å². The number of halogens is 2. The standard InChI is InChI=1S/C17H13F2N3O/c18-13-8-5-12(6-9-13)7-10-17-15(11-23)20-21-22(17)16-4-2-1-3-14(16)19/h1-10,23H,11H2/b10-7+. The fourth-order valence-electron chi connectivity index (χ4n) is 2.15. The molecule has 0 fully saturated rings. The molecule has 3 rings (SSSR count). The molecule has 0 bridgehead atoms. The van der Waals surface area contributed by atoms with E-state index in [4.69, 9.17) is 0 Å². The molecule has 2 aromatic carbocycles. The van der Waals surface area contributed by atoms with Crippen molar-refractivity contribution in [3.8, 4) is 5.69 Å². The molecule has 4 nitrogen and oxygen atoms in total. The number of benzene rings is 2. The zero-order chi connectivity index (χ0) is 16.2. The summed E-state index contributed by atoms with van der Waals surface area (Å²) < 4.78 is 28.2. The predicted octanol–water partition coefficient (Wildman–Crippen LogP) is 3.21. The first-order chi connectivity index (χ1) is 11.2. The van der Waals surface area contributed by atoms with E-state index in [1.165, 1.54) is 22.9 Å². The molecule has 0 atom stereocenters. The molecule has 0 saturated heterocycles. The number of hydrogen-bond acceptors (Lipinski definition) is 3. The Morgan fingerprint density at radius 2 is 1.74 bits per heavy atom. The lowest BCUT2D eigenvalue weighted by Gasteiger charge is -2.05. The summed E-state index contributed by atoms with van der Waals surface area (Å²) in [5.41, 5.74) is 1.78. The second kappa shape index (κ2) is 6.50. The van der Waals surface area contributed by atoms with Crippen molar-refractivity contribution < 1.29 is 13.9 Å². The van der Waals surface area contributed by atoms with Gasteiger partial charge < -0.3 is 5.11 Å². The Labute approximate surface area is 131 Å². The highest BCUT2D eigenvalue weighted by Crippen LogP contribution is 2.18. The van der Waals surface area contributed by atoms with Crippen LogP contribution in [-0.2, 0) is 6.61 Å². The molecule has 3 aromatic rings. The molecule has 0 aliphatic rings. The lowest BCUT2D eigenvalue weighted by molar-refractivity contribution is 0.276. The van der Waals surface area contributed by atoms with E-state index >= 15 is 0 Å². The van der Waals surface area contributed by atoms with Crippen LogP contribution in [-0.4, -0.2) is 20.1 Å². The van der Waals surface area contributed by atoms with E-state index in [0.29, 0.717) is 11.4 Å². The second-order valence-corrected chi connectivity index (χ2v) is 4.83. The fourth-order valence-corrected chi connectivity index (χ4v) is 2.15. The zero-order valence-corrected chi connectivity index (χ0v) is 12.0. The molecular formula is C17H13F2N3O. The van der Waals surface area contributed by atoms with Gasteiger partial charge in [-0.15, -0.1) is 5.10 Å². The normalized spacial score (nSPS) is 11.3. The van der Waals surface area contributed by atoms with Crippen molar-refractivity contribution in [2.75, 3.05) is 0 Å². The summed E-state index contributed by atoms with van der Waals surface area (Å²) in [6, 6.07) is 12.1. The Bertz CT molecular complexity index is 841. The van der Waals surface area contributed by atoms with Crippen molar-refractivity contribution in [3.05, 3.63) is 77.1 Å². The Morgan fingerprint density at radius 1 is 1.00 bits per heavy atom. The van der Waals surface area contributed by atoms with Crippen LogP contribution in [0.4, 0.5) is 8.78 Å². The van der Waals surface area contributed by atoms with Crippen LogP contribution in [0.1, 0.15) is 17.0 Å². The Hall–Kier alpha value is -2.86. The maximum absolute atomic E-state index is 14.0. The number of hydrogen-bond donors (Lipinski definition) is 1. The smallest absolute Gasteiger partial charge is 0.148 e. The van der Waals surface area contributed by atoms with E-state index in [0.717, 1.165) is 5.56 Å². The van der Waals surface area contributed by atoms with Gasteiger partial charge in [-0.3, -0.25) is 0 Å². The monoisotopic (exact) mass is 313 g/mol. The number of para-hydroxylation sites is 1. The molecule has 1 heterocycles. The predicted molar refractivity (Wildman–Crippen MR) is 82.6 cm³/mol. The molecular weight excluding hydrogens is 300 g/mol. The van der Waals surface area contributed by atoms with E-state index in [1.807, 2.05) is 0 Å². The summed E-state index contributed by atoms with van der Waals surface area (Å²) in [5.74, 6) is -0.769. The zero-order valence-electron chi connectivity index (χ0n) is 12.0. The third-order valence-corrected chi connectivity index (χ3v) is 3.31. The first kappa shape index (κ1) is 15.1. The number of rotatable bonds is 4. The Balaban J connectivity index is 2.03. The van der Waals surface area contributed by atoms with Crippen LogP contribution in [0.5, 0.6) is 0 Å². The SMILES string of the molecule is OCc1nnn(-c2ccccc2F)c1/C=C/c1ccc(F)cc1. The highest BCUT2D eigenvalue weighted by atomic mass is 19.1. The van der Waals surface area contributed by atoms with Crippen molar-refractivity contribution in [3.63, 3.8) is 0 Å². The van der Waals surface area contributed by atoms with Crippen molar-refractivity contribution in [1.82, 2.24) is 15.0 Å². The van der Waals surface area contributed by atoms with Gasteiger partial charge in [0.15, 0.2) is 0 Å². The summed E-state index contributed by atoms with van der Waals surface area (Å²) in [7, 11) is 0. The molecule has 0 unspecified atom stereocenters. The van der Waals surface area contributed by atoms with Gasteiger partial charge >= 0.3 is 0 Å². The molecule has 116 valence electrons. The quantitative estimate of drug-likeness (QED) is 0.804. The van der Waals surface area contributed by atoms with Crippen molar-refractivity contribution in [2.45, 2.75) is 6.61 Å². The third-order valence-electron chi connectivity index (χ3n) is 3.31. The van der Waals surface area contributed by atoms with Gasteiger partial charge in [0.05, 0.1) is 12.3 Å². The highest BCUT2D eigenvalue weighted by molar-refractivity contribution is 5.69. The molecule has 23 heavy (non-hydrogen) atoms.